The molecule has 168 valence electrons. The van der Waals surface area contributed by atoms with Crippen LogP contribution in [0.5, 0.6) is 5.75 Å². The summed E-state index contributed by atoms with van der Waals surface area (Å²) >= 11 is 1.39. The average Bonchev–Trinajstić information content (AvgIpc) is 3.34. The summed E-state index contributed by atoms with van der Waals surface area (Å²) in [6.45, 7) is 1.34. The predicted octanol–water partition coefficient (Wildman–Crippen LogP) is 3.92. The molecule has 1 aliphatic heterocycles. The van der Waals surface area contributed by atoms with Gasteiger partial charge in [0.25, 0.3) is 5.91 Å². The highest BCUT2D eigenvalue weighted by Crippen LogP contribution is 2.26. The summed E-state index contributed by atoms with van der Waals surface area (Å²) in [5.41, 5.74) is 1.96. The van der Waals surface area contributed by atoms with Gasteiger partial charge in [0.1, 0.15) is 16.5 Å². The molecule has 3 aromatic rings. The number of methoxy groups -OCH3 is 1. The van der Waals surface area contributed by atoms with E-state index in [-0.39, 0.29) is 17.3 Å². The number of benzene rings is 2. The first-order valence-electron chi connectivity index (χ1n) is 10.4. The first-order valence-corrected chi connectivity index (χ1v) is 12.8. The van der Waals surface area contributed by atoms with Crippen LogP contribution in [0.15, 0.2) is 58.8 Å². The number of thiazole rings is 1. The fraction of sp³-hybridized carbons (Fsp3) is 0.304. The molecule has 1 saturated heterocycles. The number of carbonyl (C=O) groups is 1. The summed E-state index contributed by atoms with van der Waals surface area (Å²) in [7, 11) is -1.90. The van der Waals surface area contributed by atoms with Crippen LogP contribution in [0.2, 0.25) is 0 Å². The second kappa shape index (κ2) is 9.81. The Labute approximate surface area is 192 Å². The molecule has 32 heavy (non-hydrogen) atoms. The summed E-state index contributed by atoms with van der Waals surface area (Å²) in [4.78, 5) is 17.3. The van der Waals surface area contributed by atoms with Crippen molar-refractivity contribution < 1.29 is 17.9 Å². The second-order valence-corrected chi connectivity index (χ2v) is 10.4. The van der Waals surface area contributed by atoms with Crippen molar-refractivity contribution in [2.24, 2.45) is 0 Å². The Morgan fingerprint density at radius 2 is 1.88 bits per heavy atom. The fourth-order valence-electron chi connectivity index (χ4n) is 3.59. The van der Waals surface area contributed by atoms with Crippen LogP contribution in [0.4, 0.5) is 0 Å². The molecule has 4 rings (SSSR count). The van der Waals surface area contributed by atoms with Gasteiger partial charge in [0.2, 0.25) is 10.0 Å². The molecule has 9 heteroatoms. The van der Waals surface area contributed by atoms with Crippen molar-refractivity contribution in [1.29, 1.82) is 0 Å². The zero-order valence-corrected chi connectivity index (χ0v) is 19.4. The third kappa shape index (κ3) is 5.01. The summed E-state index contributed by atoms with van der Waals surface area (Å²) in [5.74, 6) is 0.457. The van der Waals surface area contributed by atoms with E-state index in [1.54, 1.807) is 41.1 Å². The van der Waals surface area contributed by atoms with Gasteiger partial charge >= 0.3 is 0 Å². The van der Waals surface area contributed by atoms with E-state index in [4.69, 9.17) is 4.74 Å². The van der Waals surface area contributed by atoms with E-state index in [2.05, 4.69) is 10.3 Å². The maximum Gasteiger partial charge on any atom is 0.271 e. The van der Waals surface area contributed by atoms with Crippen molar-refractivity contribution in [2.45, 2.75) is 30.7 Å². The molecule has 1 aliphatic rings. The van der Waals surface area contributed by atoms with Crippen molar-refractivity contribution >= 4 is 27.3 Å². The van der Waals surface area contributed by atoms with Crippen molar-refractivity contribution in [3.05, 3.63) is 65.2 Å². The van der Waals surface area contributed by atoms with Crippen LogP contribution in [0.25, 0.3) is 10.6 Å². The molecule has 0 aliphatic carbocycles. The van der Waals surface area contributed by atoms with Gasteiger partial charge in [0, 0.05) is 30.6 Å². The average molecular weight is 472 g/mol. The molecule has 2 heterocycles. The smallest absolute Gasteiger partial charge is 0.271 e. The molecule has 1 aromatic heterocycles. The van der Waals surface area contributed by atoms with Gasteiger partial charge in [-0.15, -0.1) is 11.3 Å². The van der Waals surface area contributed by atoms with Crippen molar-refractivity contribution in [2.75, 3.05) is 20.2 Å². The number of amides is 1. The van der Waals surface area contributed by atoms with E-state index in [9.17, 15) is 13.2 Å². The lowest BCUT2D eigenvalue weighted by Crippen LogP contribution is -2.35. The van der Waals surface area contributed by atoms with Crippen LogP contribution in [0.1, 0.15) is 35.3 Å². The van der Waals surface area contributed by atoms with Gasteiger partial charge in [-0.1, -0.05) is 18.6 Å². The number of hydrogen-bond acceptors (Lipinski definition) is 6. The molecule has 0 bridgehead atoms. The maximum absolute atomic E-state index is 12.9. The number of hydrogen-bond donors (Lipinski definition) is 1. The predicted molar refractivity (Wildman–Crippen MR) is 124 cm³/mol. The molecule has 2 aromatic carbocycles. The summed E-state index contributed by atoms with van der Waals surface area (Å²) in [6, 6.07) is 14.2. The highest BCUT2D eigenvalue weighted by molar-refractivity contribution is 7.89. The fourth-order valence-corrected chi connectivity index (χ4v) is 5.98. The molecule has 0 radical (unpaired) electrons. The highest BCUT2D eigenvalue weighted by Gasteiger charge is 2.26. The highest BCUT2D eigenvalue weighted by atomic mass is 32.2. The Balaban J connectivity index is 1.41. The number of ether oxygens (including phenoxy) is 1. The minimum atomic E-state index is -3.51. The van der Waals surface area contributed by atoms with E-state index in [1.165, 1.54) is 11.3 Å². The standard InChI is InChI=1S/C23H25N3O4S2/c1-30-19-10-8-18(9-11-19)23-25-21(16-31-23)22(27)24-15-17-6-5-7-20(14-17)32(28,29)26-12-3-2-4-13-26/h5-11,14,16H,2-4,12-13,15H2,1H3,(H,24,27). The molecule has 1 amide bonds. The van der Waals surface area contributed by atoms with Crippen LogP contribution in [-0.2, 0) is 16.6 Å². The molecule has 7 nitrogen and oxygen atoms in total. The number of rotatable bonds is 7. The first-order chi connectivity index (χ1) is 15.5. The molecular weight excluding hydrogens is 446 g/mol. The van der Waals surface area contributed by atoms with E-state index in [0.717, 1.165) is 41.1 Å². The Kier molecular flexibility index (Phi) is 6.88. The van der Waals surface area contributed by atoms with Crippen LogP contribution >= 0.6 is 11.3 Å². The van der Waals surface area contributed by atoms with Gasteiger partial charge in [0.15, 0.2) is 0 Å². The number of nitrogens with one attached hydrogen (secondary N) is 1. The quantitative estimate of drug-likeness (QED) is 0.564. The molecule has 1 fully saturated rings. The lowest BCUT2D eigenvalue weighted by molar-refractivity contribution is 0.0946. The van der Waals surface area contributed by atoms with Crippen LogP contribution in [0, 0.1) is 0 Å². The van der Waals surface area contributed by atoms with Crippen LogP contribution in [0.3, 0.4) is 0 Å². The number of aromatic nitrogens is 1. The maximum atomic E-state index is 12.9. The van der Waals surface area contributed by atoms with Gasteiger partial charge < -0.3 is 10.1 Å². The number of nitrogens with zero attached hydrogens (tertiary/aromatic N) is 2. The van der Waals surface area contributed by atoms with Crippen molar-refractivity contribution in [3.8, 4) is 16.3 Å². The summed E-state index contributed by atoms with van der Waals surface area (Å²) < 4.78 is 32.5. The van der Waals surface area contributed by atoms with Gasteiger partial charge in [-0.3, -0.25) is 4.79 Å². The molecule has 0 spiro atoms. The Bertz CT molecular complexity index is 1180. The minimum Gasteiger partial charge on any atom is -0.497 e. The SMILES string of the molecule is COc1ccc(-c2nc(C(=O)NCc3cccc(S(=O)(=O)N4CCCCC4)c3)cs2)cc1. The Morgan fingerprint density at radius 1 is 1.12 bits per heavy atom. The van der Waals surface area contributed by atoms with E-state index in [1.807, 2.05) is 24.3 Å². The molecule has 1 N–H and O–H groups in total. The zero-order chi connectivity index (χ0) is 22.6. The summed E-state index contributed by atoms with van der Waals surface area (Å²) in [5, 5.41) is 5.29. The van der Waals surface area contributed by atoms with E-state index in [0.29, 0.717) is 18.8 Å². The lowest BCUT2D eigenvalue weighted by atomic mass is 10.2. The van der Waals surface area contributed by atoms with Crippen molar-refractivity contribution in [1.82, 2.24) is 14.6 Å². The van der Waals surface area contributed by atoms with Gasteiger partial charge in [-0.05, 0) is 54.8 Å². The Hall–Kier alpha value is -2.75. The zero-order valence-electron chi connectivity index (χ0n) is 17.8. The first kappa shape index (κ1) is 22.4. The third-order valence-electron chi connectivity index (χ3n) is 5.38. The number of sulfonamides is 1. The van der Waals surface area contributed by atoms with Crippen LogP contribution < -0.4 is 10.1 Å². The van der Waals surface area contributed by atoms with Crippen LogP contribution in [-0.4, -0.2) is 43.8 Å². The largest absolute Gasteiger partial charge is 0.497 e. The Morgan fingerprint density at radius 3 is 2.59 bits per heavy atom. The molecule has 0 saturated carbocycles. The van der Waals surface area contributed by atoms with E-state index < -0.39 is 10.0 Å². The molecule has 0 unspecified atom stereocenters. The molecule has 0 atom stereocenters. The monoisotopic (exact) mass is 471 g/mol. The number of piperidine rings is 1. The van der Waals surface area contributed by atoms with Gasteiger partial charge in [0.05, 0.1) is 12.0 Å². The van der Waals surface area contributed by atoms with E-state index >= 15 is 0 Å². The van der Waals surface area contributed by atoms with Crippen molar-refractivity contribution in [3.63, 3.8) is 0 Å². The lowest BCUT2D eigenvalue weighted by Gasteiger charge is -2.26. The second-order valence-electron chi connectivity index (χ2n) is 7.56. The normalized spacial score (nSPS) is 14.8. The molecular formula is C23H25N3O4S2. The minimum absolute atomic E-state index is 0.220. The third-order valence-corrected chi connectivity index (χ3v) is 8.16. The van der Waals surface area contributed by atoms with Gasteiger partial charge in [-0.25, -0.2) is 13.4 Å². The topological polar surface area (TPSA) is 88.6 Å². The summed E-state index contributed by atoms with van der Waals surface area (Å²) in [6.07, 6.45) is 2.84. The van der Waals surface area contributed by atoms with Gasteiger partial charge in [-0.2, -0.15) is 4.31 Å². The number of carbonyl (C=O) groups excluding carboxylic acids is 1.